The van der Waals surface area contributed by atoms with Gasteiger partial charge in [-0.25, -0.2) is 4.79 Å². The van der Waals surface area contributed by atoms with Crippen molar-refractivity contribution in [3.63, 3.8) is 0 Å². The van der Waals surface area contributed by atoms with E-state index in [4.69, 9.17) is 0 Å². The van der Waals surface area contributed by atoms with Crippen molar-refractivity contribution in [2.45, 2.75) is 25.8 Å². The number of aryl methyl sites for hydroxylation is 1. The third kappa shape index (κ3) is 1.56. The fourth-order valence-corrected chi connectivity index (χ4v) is 2.07. The van der Waals surface area contributed by atoms with E-state index in [1.165, 1.54) is 7.11 Å². The van der Waals surface area contributed by atoms with Crippen LogP contribution in [0.25, 0.3) is 0 Å². The molecule has 0 amide bonds. The van der Waals surface area contributed by atoms with E-state index < -0.39 is 5.97 Å². The second-order valence-electron chi connectivity index (χ2n) is 3.66. The Morgan fingerprint density at radius 1 is 1.53 bits per heavy atom. The first-order valence-corrected chi connectivity index (χ1v) is 5.03. The molecule has 1 aliphatic rings. The highest BCUT2D eigenvalue weighted by Crippen LogP contribution is 2.23. The second kappa shape index (κ2) is 3.88. The topological polar surface area (TPSA) is 48.3 Å². The number of nitrogens with zero attached hydrogens (tertiary/aromatic N) is 1. The zero-order valence-electron chi connectivity index (χ0n) is 8.66. The predicted molar refractivity (Wildman–Crippen MR) is 54.1 cm³/mol. The van der Waals surface area contributed by atoms with Gasteiger partial charge in [-0.1, -0.05) is 0 Å². The Bertz CT molecular complexity index is 406. The zero-order valence-corrected chi connectivity index (χ0v) is 8.66. The number of esters is 1. The minimum absolute atomic E-state index is 0.393. The van der Waals surface area contributed by atoms with Gasteiger partial charge in [0.05, 0.1) is 12.7 Å². The van der Waals surface area contributed by atoms with Crippen LogP contribution in [0.3, 0.4) is 0 Å². The molecule has 4 heteroatoms. The average molecular weight is 207 g/mol. The smallest absolute Gasteiger partial charge is 0.340 e. The van der Waals surface area contributed by atoms with Gasteiger partial charge in [0.25, 0.3) is 0 Å². The van der Waals surface area contributed by atoms with Crippen molar-refractivity contribution in [1.82, 2.24) is 4.57 Å². The number of aldehydes is 1. The molecule has 0 unspecified atom stereocenters. The van der Waals surface area contributed by atoms with Gasteiger partial charge in [-0.2, -0.15) is 0 Å². The summed E-state index contributed by atoms with van der Waals surface area (Å²) in [6, 6.07) is 0. The van der Waals surface area contributed by atoms with Gasteiger partial charge in [-0.15, -0.1) is 0 Å². The summed E-state index contributed by atoms with van der Waals surface area (Å²) in [5, 5.41) is 0. The van der Waals surface area contributed by atoms with Gasteiger partial charge in [0.2, 0.25) is 0 Å². The monoisotopic (exact) mass is 207 g/mol. The van der Waals surface area contributed by atoms with Gasteiger partial charge in [0, 0.05) is 24.0 Å². The van der Waals surface area contributed by atoms with Gasteiger partial charge in [0.1, 0.15) is 0 Å². The van der Waals surface area contributed by atoms with Crippen LogP contribution in [0.5, 0.6) is 0 Å². The Labute approximate surface area is 87.8 Å². The van der Waals surface area contributed by atoms with Crippen molar-refractivity contribution in [2.24, 2.45) is 0 Å². The van der Waals surface area contributed by atoms with E-state index in [0.29, 0.717) is 11.1 Å². The Kier molecular flexibility index (Phi) is 2.58. The zero-order chi connectivity index (χ0) is 10.8. The number of fused-ring (bicyclic) bond motifs is 1. The van der Waals surface area contributed by atoms with Crippen LogP contribution in [0.1, 0.15) is 39.3 Å². The predicted octanol–water partition coefficient (Wildman–Crippen LogP) is 1.42. The van der Waals surface area contributed by atoms with Crippen LogP contribution in [0.4, 0.5) is 0 Å². The van der Waals surface area contributed by atoms with Crippen LogP contribution in [-0.4, -0.2) is 23.9 Å². The van der Waals surface area contributed by atoms with Crippen LogP contribution in [0.2, 0.25) is 0 Å². The molecular weight excluding hydrogens is 194 g/mol. The van der Waals surface area contributed by atoms with E-state index in [1.54, 1.807) is 6.20 Å². The molecule has 0 fully saturated rings. The summed E-state index contributed by atoms with van der Waals surface area (Å²) in [4.78, 5) is 22.4. The molecule has 0 saturated carbocycles. The first-order chi connectivity index (χ1) is 7.27. The highest BCUT2D eigenvalue weighted by molar-refractivity contribution is 5.99. The molecule has 1 aliphatic heterocycles. The van der Waals surface area contributed by atoms with E-state index in [1.807, 2.05) is 4.57 Å². The average Bonchev–Trinajstić information content (AvgIpc) is 2.66. The van der Waals surface area contributed by atoms with Gasteiger partial charge < -0.3 is 9.30 Å². The Morgan fingerprint density at radius 3 is 3.00 bits per heavy atom. The maximum Gasteiger partial charge on any atom is 0.340 e. The lowest BCUT2D eigenvalue weighted by Gasteiger charge is -2.14. The van der Waals surface area contributed by atoms with Crippen molar-refractivity contribution >= 4 is 12.3 Å². The van der Waals surface area contributed by atoms with Crippen molar-refractivity contribution in [3.8, 4) is 0 Å². The third-order valence-electron chi connectivity index (χ3n) is 2.82. The van der Waals surface area contributed by atoms with Crippen LogP contribution >= 0.6 is 0 Å². The molecule has 2 rings (SSSR count). The highest BCUT2D eigenvalue weighted by Gasteiger charge is 2.22. The molecule has 0 atom stereocenters. The minimum atomic E-state index is -0.431. The summed E-state index contributed by atoms with van der Waals surface area (Å²) in [5.41, 5.74) is 1.86. The lowest BCUT2D eigenvalue weighted by Crippen LogP contribution is -2.09. The number of carbonyl (C=O) groups excluding carboxylic acids is 2. The summed E-state index contributed by atoms with van der Waals surface area (Å²) in [6.45, 7) is 0.882. The molecule has 0 aromatic carbocycles. The number of rotatable bonds is 2. The molecule has 1 aromatic rings. The van der Waals surface area contributed by atoms with Gasteiger partial charge in [0.15, 0.2) is 6.29 Å². The molecule has 0 radical (unpaired) electrons. The molecular formula is C11H13NO3. The second-order valence-corrected chi connectivity index (χ2v) is 3.66. The van der Waals surface area contributed by atoms with Crippen molar-refractivity contribution in [2.75, 3.05) is 7.11 Å². The number of aromatic nitrogens is 1. The van der Waals surface area contributed by atoms with Crippen LogP contribution in [-0.2, 0) is 17.7 Å². The highest BCUT2D eigenvalue weighted by atomic mass is 16.5. The fraction of sp³-hybridized carbons (Fsp3) is 0.455. The standard InChI is InChI=1S/C11H13NO3/c1-15-11(14)8-6-12-5-3-2-4-10(12)9(8)7-13/h6-7H,2-5H2,1H3. The SMILES string of the molecule is COC(=O)c1cn2c(c1C=O)CCCC2. The molecule has 1 aromatic heterocycles. The normalized spacial score (nSPS) is 14.5. The Hall–Kier alpha value is -1.58. The Balaban J connectivity index is 2.51. The maximum atomic E-state index is 11.4. The van der Waals surface area contributed by atoms with E-state index >= 15 is 0 Å². The van der Waals surface area contributed by atoms with Crippen molar-refractivity contribution in [3.05, 3.63) is 23.0 Å². The largest absolute Gasteiger partial charge is 0.465 e. The third-order valence-corrected chi connectivity index (χ3v) is 2.82. The van der Waals surface area contributed by atoms with E-state index in [0.717, 1.165) is 37.8 Å². The van der Waals surface area contributed by atoms with Gasteiger partial charge in [-0.05, 0) is 19.3 Å². The molecule has 4 nitrogen and oxygen atoms in total. The molecule has 0 aliphatic carbocycles. The van der Waals surface area contributed by atoms with E-state index in [2.05, 4.69) is 4.74 Å². The molecule has 15 heavy (non-hydrogen) atoms. The molecule has 0 spiro atoms. The summed E-state index contributed by atoms with van der Waals surface area (Å²) in [7, 11) is 1.33. The first-order valence-electron chi connectivity index (χ1n) is 5.03. The number of carbonyl (C=O) groups is 2. The van der Waals surface area contributed by atoms with Crippen LogP contribution in [0.15, 0.2) is 6.20 Å². The summed E-state index contributed by atoms with van der Waals surface area (Å²) >= 11 is 0. The quantitative estimate of drug-likeness (QED) is 0.544. The van der Waals surface area contributed by atoms with E-state index in [-0.39, 0.29) is 0 Å². The van der Waals surface area contributed by atoms with Crippen molar-refractivity contribution < 1.29 is 14.3 Å². The van der Waals surface area contributed by atoms with Crippen LogP contribution < -0.4 is 0 Å². The number of ether oxygens (including phenoxy) is 1. The van der Waals surface area contributed by atoms with Crippen LogP contribution in [0, 0.1) is 0 Å². The maximum absolute atomic E-state index is 11.4. The summed E-state index contributed by atoms with van der Waals surface area (Å²) < 4.78 is 6.63. The van der Waals surface area contributed by atoms with Gasteiger partial charge >= 0.3 is 5.97 Å². The number of hydrogen-bond donors (Lipinski definition) is 0. The molecule has 2 heterocycles. The molecule has 80 valence electrons. The van der Waals surface area contributed by atoms with Gasteiger partial charge in [-0.3, -0.25) is 4.79 Å². The number of methoxy groups -OCH3 is 1. The molecule has 0 bridgehead atoms. The van der Waals surface area contributed by atoms with E-state index in [9.17, 15) is 9.59 Å². The lowest BCUT2D eigenvalue weighted by atomic mass is 10.1. The Morgan fingerprint density at radius 2 is 2.33 bits per heavy atom. The lowest BCUT2D eigenvalue weighted by molar-refractivity contribution is 0.0598. The number of hydrogen-bond acceptors (Lipinski definition) is 3. The minimum Gasteiger partial charge on any atom is -0.465 e. The summed E-state index contributed by atoms with van der Waals surface area (Å²) in [5.74, 6) is -0.431. The molecule has 0 N–H and O–H groups in total. The summed E-state index contributed by atoms with van der Waals surface area (Å²) in [6.07, 6.45) is 5.52. The molecule has 0 saturated heterocycles. The fourth-order valence-electron chi connectivity index (χ4n) is 2.07. The first kappa shape index (κ1) is 9.96. The van der Waals surface area contributed by atoms with Crippen molar-refractivity contribution in [1.29, 1.82) is 0 Å².